The van der Waals surface area contributed by atoms with Crippen LogP contribution in [0.5, 0.6) is 17.2 Å². The molecule has 11 nitrogen and oxygen atoms in total. The maximum absolute atomic E-state index is 10.4. The number of hydrogen-bond donors (Lipinski definition) is 5. The first-order valence-electron chi connectivity index (χ1n) is 12.2. The van der Waals surface area contributed by atoms with Crippen LogP contribution >= 0.6 is 11.3 Å². The van der Waals surface area contributed by atoms with Crippen molar-refractivity contribution in [3.63, 3.8) is 0 Å². The van der Waals surface area contributed by atoms with E-state index < -0.39 is 18.0 Å². The second-order valence-corrected chi connectivity index (χ2v) is 9.27. The van der Waals surface area contributed by atoms with Gasteiger partial charge in [0.1, 0.15) is 24.2 Å². The summed E-state index contributed by atoms with van der Waals surface area (Å²) in [6.07, 6.45) is 1.30. The zero-order chi connectivity index (χ0) is 28.9. The Labute approximate surface area is 234 Å². The summed E-state index contributed by atoms with van der Waals surface area (Å²) in [6.45, 7) is 1.36. The zero-order valence-corrected chi connectivity index (χ0v) is 22.8. The van der Waals surface area contributed by atoms with Crippen LogP contribution in [0.1, 0.15) is 5.56 Å². The van der Waals surface area contributed by atoms with Crippen LogP contribution in [0.3, 0.4) is 0 Å². The number of nitrogens with zero attached hydrogens (tertiary/aromatic N) is 1. The average Bonchev–Trinajstić information content (AvgIpc) is 3.58. The molecule has 0 fully saturated rings. The van der Waals surface area contributed by atoms with E-state index in [1.165, 1.54) is 0 Å². The molecule has 0 saturated carbocycles. The smallest absolute Gasteiger partial charge is 0.328 e. The number of methoxy groups -OCH3 is 2. The lowest BCUT2D eigenvalue weighted by Gasteiger charge is -2.15. The Morgan fingerprint density at radius 3 is 2.45 bits per heavy atom. The number of fused-ring (bicyclic) bond motifs is 1. The molecule has 0 aliphatic carbocycles. The third kappa shape index (κ3) is 8.83. The molecule has 2 aromatic heterocycles. The van der Waals surface area contributed by atoms with Crippen LogP contribution in [-0.2, 0) is 16.0 Å². The normalized spacial score (nSPS) is 11.6. The fourth-order valence-corrected chi connectivity index (χ4v) is 4.49. The highest BCUT2D eigenvalue weighted by molar-refractivity contribution is 7.17. The van der Waals surface area contributed by atoms with Gasteiger partial charge >= 0.3 is 11.9 Å². The second kappa shape index (κ2) is 15.3. The molecule has 2 heterocycles. The minimum absolute atomic E-state index is 0.193. The number of thiophene rings is 1. The molecule has 0 saturated heterocycles. The van der Waals surface area contributed by atoms with Crippen molar-refractivity contribution in [2.24, 2.45) is 0 Å². The van der Waals surface area contributed by atoms with Crippen LogP contribution < -0.4 is 19.5 Å². The first kappa shape index (κ1) is 30.2. The summed E-state index contributed by atoms with van der Waals surface area (Å²) in [5.74, 6) is -0.376. The van der Waals surface area contributed by atoms with E-state index in [1.54, 1.807) is 25.6 Å². The van der Waals surface area contributed by atoms with Crippen LogP contribution in [0, 0.1) is 0 Å². The number of H-pyrrole nitrogens is 1. The fraction of sp³-hybridized carbons (Fsp3) is 0.250. The highest BCUT2D eigenvalue weighted by Crippen LogP contribution is 2.35. The molecule has 1 atom stereocenters. The molecule has 1 unspecified atom stereocenters. The predicted molar refractivity (Wildman–Crippen MR) is 151 cm³/mol. The number of aliphatic hydroxyl groups is 1. The Morgan fingerprint density at radius 1 is 1.02 bits per heavy atom. The lowest BCUT2D eigenvalue weighted by atomic mass is 10.1. The molecule has 0 spiro atoms. The van der Waals surface area contributed by atoms with E-state index in [9.17, 15) is 14.7 Å². The molecular formula is C28H31N3O8S. The average molecular weight is 570 g/mol. The Kier molecular flexibility index (Phi) is 11.5. The molecule has 0 amide bonds. The first-order valence-corrected chi connectivity index (χ1v) is 13.1. The Hall–Kier alpha value is -4.39. The van der Waals surface area contributed by atoms with Gasteiger partial charge in [-0.25, -0.2) is 9.59 Å². The van der Waals surface area contributed by atoms with Crippen LogP contribution in [0.2, 0.25) is 0 Å². The molecule has 4 rings (SSSR count). The number of hydrogen-bond acceptors (Lipinski definition) is 9. The molecule has 212 valence electrons. The van der Waals surface area contributed by atoms with Gasteiger partial charge in [-0.2, -0.15) is 5.10 Å². The number of aromatic amines is 1. The van der Waals surface area contributed by atoms with Crippen LogP contribution in [-0.4, -0.2) is 77.5 Å². The number of aliphatic hydroxyl groups excluding tert-OH is 1. The largest absolute Gasteiger partial charge is 0.493 e. The third-order valence-electron chi connectivity index (χ3n) is 5.53. The van der Waals surface area contributed by atoms with Gasteiger partial charge in [-0.05, 0) is 54.2 Å². The SMILES string of the molecule is COc1ccc(CCNCC(O)COc2ccccc2-c2n[nH]c3ccsc23)cc1OC.O=C(O)C=CC(=O)O. The van der Waals surface area contributed by atoms with Crippen LogP contribution in [0.15, 0.2) is 66.1 Å². The highest BCUT2D eigenvalue weighted by Gasteiger charge is 2.15. The van der Waals surface area contributed by atoms with Gasteiger partial charge in [0.15, 0.2) is 11.5 Å². The Bertz CT molecular complexity index is 1420. The number of carbonyl (C=O) groups is 2. The molecule has 5 N–H and O–H groups in total. The summed E-state index contributed by atoms with van der Waals surface area (Å²) >= 11 is 1.64. The van der Waals surface area contributed by atoms with E-state index in [1.807, 2.05) is 53.9 Å². The van der Waals surface area contributed by atoms with Gasteiger partial charge in [-0.3, -0.25) is 5.10 Å². The van der Waals surface area contributed by atoms with Gasteiger partial charge in [-0.15, -0.1) is 11.3 Å². The number of rotatable bonds is 13. The van der Waals surface area contributed by atoms with Gasteiger partial charge in [0.25, 0.3) is 0 Å². The molecule has 0 bridgehead atoms. The summed E-state index contributed by atoms with van der Waals surface area (Å²) in [5, 5.41) is 38.8. The second-order valence-electron chi connectivity index (χ2n) is 8.35. The molecule has 0 aliphatic heterocycles. The van der Waals surface area contributed by atoms with E-state index in [0.29, 0.717) is 35.9 Å². The van der Waals surface area contributed by atoms with Crippen molar-refractivity contribution in [1.29, 1.82) is 0 Å². The minimum Gasteiger partial charge on any atom is -0.493 e. The zero-order valence-electron chi connectivity index (χ0n) is 22.0. The van der Waals surface area contributed by atoms with Gasteiger partial charge in [0.05, 0.1) is 24.4 Å². The number of carboxylic acids is 2. The van der Waals surface area contributed by atoms with Crippen molar-refractivity contribution < 1.29 is 39.1 Å². The van der Waals surface area contributed by atoms with Gasteiger partial charge in [0, 0.05) is 24.3 Å². The first-order chi connectivity index (χ1) is 19.3. The molecular weight excluding hydrogens is 538 g/mol. The standard InChI is InChI=1S/C24H27N3O4S.C4H4O4/c1-29-21-8-7-16(13-22(21)30-2)9-11-25-14-17(28)15-31-20-6-4-3-5-18(20)23-24-19(26-27-23)10-12-32-24;5-3(6)1-2-4(7)8/h3-8,10,12-13,17,25,28H,9,11,14-15H2,1-2H3,(H,26,27);1-2H,(H,5,6)(H,7,8). The maximum Gasteiger partial charge on any atom is 0.328 e. The lowest BCUT2D eigenvalue weighted by Crippen LogP contribution is -2.32. The van der Waals surface area contributed by atoms with Crippen LogP contribution in [0.4, 0.5) is 0 Å². The number of aromatic nitrogens is 2. The maximum atomic E-state index is 10.4. The van der Waals surface area contributed by atoms with Crippen molar-refractivity contribution >= 4 is 33.5 Å². The molecule has 4 aromatic rings. The van der Waals surface area contributed by atoms with Gasteiger partial charge in [0.2, 0.25) is 0 Å². The summed E-state index contributed by atoms with van der Waals surface area (Å²) < 4.78 is 17.7. The molecule has 0 radical (unpaired) electrons. The number of ether oxygens (including phenoxy) is 3. The Morgan fingerprint density at radius 2 is 1.75 bits per heavy atom. The van der Waals surface area contributed by atoms with Gasteiger partial charge in [-0.1, -0.05) is 18.2 Å². The van der Waals surface area contributed by atoms with Crippen LogP contribution in [0.25, 0.3) is 21.5 Å². The number of nitrogens with one attached hydrogen (secondary N) is 2. The number of carboxylic acid groups (broad SMARTS) is 2. The van der Waals surface area contributed by atoms with E-state index in [2.05, 4.69) is 15.5 Å². The summed E-state index contributed by atoms with van der Waals surface area (Å²) in [5.41, 5.74) is 3.93. The van der Waals surface area contributed by atoms with E-state index in [0.717, 1.165) is 40.0 Å². The number of benzene rings is 2. The van der Waals surface area contributed by atoms with Gasteiger partial charge < -0.3 is 34.8 Å². The topological polar surface area (TPSA) is 163 Å². The molecule has 2 aromatic carbocycles. The van der Waals surface area contributed by atoms with Crippen molar-refractivity contribution in [3.05, 3.63) is 71.6 Å². The quantitative estimate of drug-likeness (QED) is 0.119. The van der Waals surface area contributed by atoms with Crippen molar-refractivity contribution in [2.75, 3.05) is 33.9 Å². The van der Waals surface area contributed by atoms with E-state index in [-0.39, 0.29) is 6.61 Å². The third-order valence-corrected chi connectivity index (χ3v) is 6.45. The van der Waals surface area contributed by atoms with Crippen molar-refractivity contribution in [3.8, 4) is 28.5 Å². The lowest BCUT2D eigenvalue weighted by molar-refractivity contribution is -0.134. The number of aliphatic carboxylic acids is 2. The molecule has 40 heavy (non-hydrogen) atoms. The molecule has 12 heteroatoms. The highest BCUT2D eigenvalue weighted by atomic mass is 32.1. The number of para-hydroxylation sites is 1. The summed E-state index contributed by atoms with van der Waals surface area (Å²) in [4.78, 5) is 19.1. The summed E-state index contributed by atoms with van der Waals surface area (Å²) in [6, 6.07) is 15.7. The Balaban J connectivity index is 0.000000482. The minimum atomic E-state index is -1.26. The van der Waals surface area contributed by atoms with Crippen molar-refractivity contribution in [1.82, 2.24) is 15.5 Å². The monoisotopic (exact) mass is 569 g/mol. The predicted octanol–water partition coefficient (Wildman–Crippen LogP) is 3.59. The fourth-order valence-electron chi connectivity index (χ4n) is 3.64. The molecule has 0 aliphatic rings. The summed E-state index contributed by atoms with van der Waals surface area (Å²) in [7, 11) is 3.25. The van der Waals surface area contributed by atoms with E-state index >= 15 is 0 Å². The van der Waals surface area contributed by atoms with E-state index in [4.69, 9.17) is 24.4 Å². The van der Waals surface area contributed by atoms with Crippen molar-refractivity contribution in [2.45, 2.75) is 12.5 Å².